The molecule has 2 aromatic heterocycles. The molecule has 1 amide bonds. The molecule has 0 saturated carbocycles. The zero-order valence-electron chi connectivity index (χ0n) is 17.2. The van der Waals surface area contributed by atoms with E-state index in [4.69, 9.17) is 14.0 Å². The lowest BCUT2D eigenvalue weighted by atomic mass is 9.93. The van der Waals surface area contributed by atoms with Crippen molar-refractivity contribution in [1.82, 2.24) is 15.0 Å². The largest absolute Gasteiger partial charge is 0.489 e. The smallest absolute Gasteiger partial charge is 0.276 e. The molecule has 30 heavy (non-hydrogen) atoms. The number of para-hydroxylation sites is 1. The van der Waals surface area contributed by atoms with E-state index in [0.717, 1.165) is 11.4 Å². The zero-order valence-corrected chi connectivity index (χ0v) is 17.2. The normalized spacial score (nSPS) is 18.5. The summed E-state index contributed by atoms with van der Waals surface area (Å²) < 4.78 is 16.6. The molecule has 1 aromatic carbocycles. The van der Waals surface area contributed by atoms with Gasteiger partial charge in [-0.3, -0.25) is 9.78 Å². The Morgan fingerprint density at radius 1 is 1.17 bits per heavy atom. The zero-order chi connectivity index (χ0) is 20.9. The molecule has 0 N–H and O–H groups in total. The van der Waals surface area contributed by atoms with Crippen LogP contribution in [-0.2, 0) is 11.3 Å². The van der Waals surface area contributed by atoms with Gasteiger partial charge in [0.1, 0.15) is 18.1 Å². The lowest BCUT2D eigenvalue weighted by Gasteiger charge is -2.16. The standard InChI is InChI=1S/C23H25N3O4/c1-16-20(15-29-18-8-4-3-5-9-18)22(25-30-16)23(27)26-12-17(14-28-2)19(13-26)21-10-6-7-11-24-21/h3-11,17,19H,12-15H2,1-2H3/t17-,19+/m0/s1. The third-order valence-corrected chi connectivity index (χ3v) is 5.49. The fourth-order valence-corrected chi connectivity index (χ4v) is 3.90. The molecule has 3 heterocycles. The molecule has 1 aliphatic heterocycles. The number of likely N-dealkylation sites (tertiary alicyclic amines) is 1. The summed E-state index contributed by atoms with van der Waals surface area (Å²) in [7, 11) is 1.68. The first kappa shape index (κ1) is 20.1. The molecule has 1 fully saturated rings. The molecule has 4 rings (SSSR count). The van der Waals surface area contributed by atoms with Crippen molar-refractivity contribution in [3.8, 4) is 5.75 Å². The van der Waals surface area contributed by atoms with Crippen LogP contribution >= 0.6 is 0 Å². The van der Waals surface area contributed by atoms with Gasteiger partial charge >= 0.3 is 0 Å². The molecule has 0 bridgehead atoms. The van der Waals surface area contributed by atoms with Crippen LogP contribution in [0.15, 0.2) is 59.3 Å². The van der Waals surface area contributed by atoms with Crippen LogP contribution in [0.5, 0.6) is 5.75 Å². The van der Waals surface area contributed by atoms with Gasteiger partial charge < -0.3 is 18.9 Å². The van der Waals surface area contributed by atoms with Crippen LogP contribution < -0.4 is 4.74 Å². The highest BCUT2D eigenvalue weighted by molar-refractivity contribution is 5.94. The molecule has 3 aromatic rings. The van der Waals surface area contributed by atoms with Gasteiger partial charge in [0.15, 0.2) is 5.69 Å². The number of aromatic nitrogens is 2. The Labute approximate surface area is 175 Å². The molecule has 1 aliphatic rings. The van der Waals surface area contributed by atoms with Crippen LogP contribution in [0.2, 0.25) is 0 Å². The second kappa shape index (κ2) is 9.09. The summed E-state index contributed by atoms with van der Waals surface area (Å²) >= 11 is 0. The van der Waals surface area contributed by atoms with Crippen LogP contribution in [0.4, 0.5) is 0 Å². The van der Waals surface area contributed by atoms with Crippen molar-refractivity contribution in [2.75, 3.05) is 26.8 Å². The van der Waals surface area contributed by atoms with E-state index in [1.54, 1.807) is 20.2 Å². The molecule has 0 radical (unpaired) electrons. The predicted molar refractivity (Wildman–Crippen MR) is 110 cm³/mol. The average Bonchev–Trinajstić information content (AvgIpc) is 3.37. The Morgan fingerprint density at radius 2 is 1.97 bits per heavy atom. The predicted octanol–water partition coefficient (Wildman–Crippen LogP) is 3.46. The van der Waals surface area contributed by atoms with Crippen molar-refractivity contribution >= 4 is 5.91 Å². The Kier molecular flexibility index (Phi) is 6.09. The molecule has 0 aliphatic carbocycles. The van der Waals surface area contributed by atoms with Gasteiger partial charge in [0.25, 0.3) is 5.91 Å². The first-order valence-corrected chi connectivity index (χ1v) is 9.99. The van der Waals surface area contributed by atoms with Crippen LogP contribution in [0.1, 0.15) is 33.4 Å². The quantitative estimate of drug-likeness (QED) is 0.597. The van der Waals surface area contributed by atoms with Crippen LogP contribution in [0.3, 0.4) is 0 Å². The van der Waals surface area contributed by atoms with Gasteiger partial charge in [-0.05, 0) is 31.2 Å². The summed E-state index contributed by atoms with van der Waals surface area (Å²) in [4.78, 5) is 19.6. The lowest BCUT2D eigenvalue weighted by Crippen LogP contribution is -2.30. The third-order valence-electron chi connectivity index (χ3n) is 5.49. The van der Waals surface area contributed by atoms with Gasteiger partial charge in [0.2, 0.25) is 0 Å². The Bertz CT molecular complexity index is 975. The fraction of sp³-hybridized carbons (Fsp3) is 0.348. The summed E-state index contributed by atoms with van der Waals surface area (Å²) in [5.74, 6) is 1.45. The minimum absolute atomic E-state index is 0.118. The van der Waals surface area contributed by atoms with Gasteiger partial charge in [-0.25, -0.2) is 0 Å². The number of rotatable bonds is 7. The average molecular weight is 407 g/mol. The third kappa shape index (κ3) is 4.21. The topological polar surface area (TPSA) is 77.7 Å². The maximum atomic E-state index is 13.3. The minimum Gasteiger partial charge on any atom is -0.489 e. The van der Waals surface area contributed by atoms with E-state index in [1.807, 2.05) is 53.4 Å². The molecule has 156 valence electrons. The first-order valence-electron chi connectivity index (χ1n) is 9.99. The molecule has 7 heteroatoms. The van der Waals surface area contributed by atoms with E-state index in [9.17, 15) is 4.79 Å². The van der Waals surface area contributed by atoms with Crippen LogP contribution in [-0.4, -0.2) is 47.8 Å². The molecular weight excluding hydrogens is 382 g/mol. The maximum Gasteiger partial charge on any atom is 0.276 e. The van der Waals surface area contributed by atoms with E-state index in [2.05, 4.69) is 10.1 Å². The summed E-state index contributed by atoms with van der Waals surface area (Å²) in [6.07, 6.45) is 1.78. The van der Waals surface area contributed by atoms with Gasteiger partial charge in [0, 0.05) is 43.9 Å². The number of ether oxygens (including phenoxy) is 2. The molecule has 1 saturated heterocycles. The highest BCUT2D eigenvalue weighted by Gasteiger charge is 2.38. The number of nitrogens with zero attached hydrogens (tertiary/aromatic N) is 3. The Balaban J connectivity index is 1.52. The summed E-state index contributed by atoms with van der Waals surface area (Å²) in [6, 6.07) is 15.3. The van der Waals surface area contributed by atoms with Gasteiger partial charge in [0.05, 0.1) is 12.2 Å². The molecular formula is C23H25N3O4. The van der Waals surface area contributed by atoms with E-state index in [-0.39, 0.29) is 24.3 Å². The van der Waals surface area contributed by atoms with Crippen molar-refractivity contribution in [1.29, 1.82) is 0 Å². The number of amides is 1. The van der Waals surface area contributed by atoms with E-state index in [1.165, 1.54) is 0 Å². The van der Waals surface area contributed by atoms with Crippen LogP contribution in [0, 0.1) is 12.8 Å². The second-order valence-corrected chi connectivity index (χ2v) is 7.45. The summed E-state index contributed by atoms with van der Waals surface area (Å²) in [6.45, 7) is 3.72. The lowest BCUT2D eigenvalue weighted by molar-refractivity contribution is 0.0763. The maximum absolute atomic E-state index is 13.3. The SMILES string of the molecule is COC[C@@H]1CN(C(=O)c2noc(C)c2COc2ccccc2)C[C@H]1c1ccccn1. The number of carbonyl (C=O) groups is 1. The van der Waals surface area contributed by atoms with Crippen molar-refractivity contribution < 1.29 is 18.8 Å². The number of aryl methyl sites for hydroxylation is 1. The Morgan fingerprint density at radius 3 is 2.70 bits per heavy atom. The fourth-order valence-electron chi connectivity index (χ4n) is 3.90. The molecule has 2 atom stereocenters. The van der Waals surface area contributed by atoms with Crippen molar-refractivity contribution in [3.63, 3.8) is 0 Å². The first-order chi connectivity index (χ1) is 14.7. The molecule has 0 unspecified atom stereocenters. The highest BCUT2D eigenvalue weighted by atomic mass is 16.5. The number of hydrogen-bond donors (Lipinski definition) is 0. The number of methoxy groups -OCH3 is 1. The van der Waals surface area contributed by atoms with Crippen molar-refractivity contribution in [2.24, 2.45) is 5.92 Å². The number of pyridine rings is 1. The number of benzene rings is 1. The summed E-state index contributed by atoms with van der Waals surface area (Å²) in [5, 5.41) is 4.05. The molecule has 0 spiro atoms. The van der Waals surface area contributed by atoms with E-state index < -0.39 is 0 Å². The number of carbonyl (C=O) groups excluding carboxylic acids is 1. The minimum atomic E-state index is -0.155. The van der Waals surface area contributed by atoms with Gasteiger partial charge in [-0.1, -0.05) is 29.4 Å². The van der Waals surface area contributed by atoms with Gasteiger partial charge in [-0.15, -0.1) is 0 Å². The number of hydrogen-bond acceptors (Lipinski definition) is 6. The van der Waals surface area contributed by atoms with Gasteiger partial charge in [-0.2, -0.15) is 0 Å². The molecule has 7 nitrogen and oxygen atoms in total. The second-order valence-electron chi connectivity index (χ2n) is 7.45. The van der Waals surface area contributed by atoms with Crippen LogP contribution in [0.25, 0.3) is 0 Å². The van der Waals surface area contributed by atoms with E-state index >= 15 is 0 Å². The monoisotopic (exact) mass is 407 g/mol. The van der Waals surface area contributed by atoms with Crippen molar-refractivity contribution in [2.45, 2.75) is 19.4 Å². The summed E-state index contributed by atoms with van der Waals surface area (Å²) in [5.41, 5.74) is 1.95. The van der Waals surface area contributed by atoms with Crippen molar-refractivity contribution in [3.05, 3.63) is 77.4 Å². The van der Waals surface area contributed by atoms with E-state index in [0.29, 0.717) is 36.7 Å². The highest BCUT2D eigenvalue weighted by Crippen LogP contribution is 2.33. The Hall–Kier alpha value is -3.19.